The van der Waals surface area contributed by atoms with Gasteiger partial charge in [0, 0.05) is 25.4 Å². The minimum Gasteiger partial charge on any atom is -0.456 e. The van der Waals surface area contributed by atoms with Crippen molar-refractivity contribution in [2.45, 2.75) is 37.4 Å². The predicted octanol–water partition coefficient (Wildman–Crippen LogP) is 1.82. The highest BCUT2D eigenvalue weighted by Crippen LogP contribution is 2.15. The molecule has 0 amide bonds. The third-order valence-corrected chi connectivity index (χ3v) is 6.58. The Kier molecular flexibility index (Phi) is 6.35. The van der Waals surface area contributed by atoms with Crippen LogP contribution in [0.25, 0.3) is 5.65 Å². The number of esters is 1. The number of fused-ring (bicyclic) bond motifs is 1. The number of nitrogens with one attached hydrogen (secondary N) is 1. The maximum Gasteiger partial charge on any atom is 0.338 e. The third kappa shape index (κ3) is 5.04. The van der Waals surface area contributed by atoms with Crippen LogP contribution >= 0.6 is 0 Å². The van der Waals surface area contributed by atoms with Gasteiger partial charge < -0.3 is 9.47 Å². The zero-order valence-corrected chi connectivity index (χ0v) is 18.3. The number of carbonyl (C=O) groups is 1. The van der Waals surface area contributed by atoms with Gasteiger partial charge in [0.2, 0.25) is 10.0 Å². The van der Waals surface area contributed by atoms with Gasteiger partial charge in [-0.3, -0.25) is 9.20 Å². The summed E-state index contributed by atoms with van der Waals surface area (Å²) in [7, 11) is -3.70. The fraction of sp³-hybridized carbons (Fsp3) is 0.318. The number of sulfonamides is 1. The second kappa shape index (κ2) is 9.19. The lowest BCUT2D eigenvalue weighted by Gasteiger charge is -2.11. The van der Waals surface area contributed by atoms with E-state index in [1.807, 2.05) is 13.0 Å². The third-order valence-electron chi connectivity index (χ3n) is 5.14. The van der Waals surface area contributed by atoms with Crippen molar-refractivity contribution >= 4 is 21.6 Å². The molecule has 2 aromatic heterocycles. The SMILES string of the molecule is Cc1ccc2nc(COC(=O)c3ccc(S(=O)(=O)NCC4CCCO4)cc3)cc(=O)n2c1. The van der Waals surface area contributed by atoms with E-state index >= 15 is 0 Å². The van der Waals surface area contributed by atoms with Gasteiger partial charge in [-0.05, 0) is 55.7 Å². The number of hydrogen-bond acceptors (Lipinski definition) is 7. The van der Waals surface area contributed by atoms with Gasteiger partial charge in [-0.25, -0.2) is 22.9 Å². The van der Waals surface area contributed by atoms with Gasteiger partial charge in [0.05, 0.1) is 22.3 Å². The normalized spacial score (nSPS) is 16.3. The quantitative estimate of drug-likeness (QED) is 0.538. The van der Waals surface area contributed by atoms with Crippen molar-refractivity contribution in [2.24, 2.45) is 0 Å². The molecule has 3 aromatic rings. The minimum atomic E-state index is -3.70. The lowest BCUT2D eigenvalue weighted by atomic mass is 10.2. The molecule has 10 heteroatoms. The predicted molar refractivity (Wildman–Crippen MR) is 116 cm³/mol. The van der Waals surface area contributed by atoms with E-state index in [1.54, 1.807) is 12.3 Å². The second-order valence-electron chi connectivity index (χ2n) is 7.61. The van der Waals surface area contributed by atoms with Crippen molar-refractivity contribution in [1.29, 1.82) is 0 Å². The Bertz CT molecular complexity index is 1300. The summed E-state index contributed by atoms with van der Waals surface area (Å²) in [4.78, 5) is 29.0. The second-order valence-corrected chi connectivity index (χ2v) is 9.37. The van der Waals surface area contributed by atoms with Gasteiger partial charge in [0.1, 0.15) is 12.3 Å². The average molecular weight is 458 g/mol. The molecular formula is C22H23N3O6S. The molecule has 9 nitrogen and oxygen atoms in total. The molecule has 168 valence electrons. The molecule has 1 aromatic carbocycles. The first kappa shape index (κ1) is 22.1. The molecule has 1 unspecified atom stereocenters. The molecule has 0 saturated carbocycles. The summed E-state index contributed by atoms with van der Waals surface area (Å²) >= 11 is 0. The average Bonchev–Trinajstić information content (AvgIpc) is 3.31. The van der Waals surface area contributed by atoms with Gasteiger partial charge in [-0.2, -0.15) is 0 Å². The highest BCUT2D eigenvalue weighted by molar-refractivity contribution is 7.89. The Morgan fingerprint density at radius 3 is 2.75 bits per heavy atom. The zero-order valence-electron chi connectivity index (χ0n) is 17.5. The Morgan fingerprint density at radius 2 is 2.03 bits per heavy atom. The van der Waals surface area contributed by atoms with Gasteiger partial charge >= 0.3 is 5.97 Å². The number of nitrogens with zero attached hydrogens (tertiary/aromatic N) is 2. The van der Waals surface area contributed by atoms with E-state index < -0.39 is 16.0 Å². The first-order valence-electron chi connectivity index (χ1n) is 10.2. The molecule has 1 atom stereocenters. The smallest absolute Gasteiger partial charge is 0.338 e. The van der Waals surface area contributed by atoms with E-state index in [-0.39, 0.29) is 35.3 Å². The van der Waals surface area contributed by atoms with E-state index in [9.17, 15) is 18.0 Å². The summed E-state index contributed by atoms with van der Waals surface area (Å²) in [5.41, 5.74) is 1.63. The van der Waals surface area contributed by atoms with Crippen molar-refractivity contribution < 1.29 is 22.7 Å². The Labute approximate surface area is 185 Å². The molecule has 1 fully saturated rings. The molecule has 3 heterocycles. The van der Waals surface area contributed by atoms with Crippen LogP contribution in [-0.2, 0) is 26.1 Å². The summed E-state index contributed by atoms with van der Waals surface area (Å²) in [6, 6.07) is 10.3. The van der Waals surface area contributed by atoms with Crippen LogP contribution in [0.1, 0.15) is 34.5 Å². The summed E-state index contributed by atoms with van der Waals surface area (Å²) in [6.07, 6.45) is 3.32. The van der Waals surface area contributed by atoms with Crippen LogP contribution in [0, 0.1) is 6.92 Å². The fourth-order valence-electron chi connectivity index (χ4n) is 3.42. The number of hydrogen-bond donors (Lipinski definition) is 1. The standard InChI is InChI=1S/C22H23N3O6S/c1-15-4-9-20-24-17(11-21(26)25(20)13-15)14-31-22(27)16-5-7-19(8-6-16)32(28,29)23-12-18-3-2-10-30-18/h4-9,11,13,18,23H,2-3,10,12,14H2,1H3. The molecule has 0 bridgehead atoms. The maximum absolute atomic E-state index is 12.4. The van der Waals surface area contributed by atoms with E-state index in [0.29, 0.717) is 17.9 Å². The van der Waals surface area contributed by atoms with Crippen LogP contribution in [0.5, 0.6) is 0 Å². The topological polar surface area (TPSA) is 116 Å². The molecular weight excluding hydrogens is 434 g/mol. The Balaban J connectivity index is 1.39. The van der Waals surface area contributed by atoms with Crippen LogP contribution in [0.4, 0.5) is 0 Å². The van der Waals surface area contributed by atoms with Crippen molar-refractivity contribution in [3.05, 3.63) is 75.8 Å². The van der Waals surface area contributed by atoms with E-state index in [4.69, 9.17) is 9.47 Å². The Morgan fingerprint density at radius 1 is 1.25 bits per heavy atom. The summed E-state index contributed by atoms with van der Waals surface area (Å²) < 4.78 is 39.5. The summed E-state index contributed by atoms with van der Waals surface area (Å²) in [5, 5.41) is 0. The van der Waals surface area contributed by atoms with E-state index in [0.717, 1.165) is 18.4 Å². The summed E-state index contributed by atoms with van der Waals surface area (Å²) in [5.74, 6) is -0.646. The van der Waals surface area contributed by atoms with E-state index in [1.165, 1.54) is 34.7 Å². The number of carbonyl (C=O) groups excluding carboxylic acids is 1. The number of ether oxygens (including phenoxy) is 2. The zero-order chi connectivity index (χ0) is 22.7. The lowest BCUT2D eigenvalue weighted by Crippen LogP contribution is -2.31. The van der Waals surface area contributed by atoms with Gasteiger partial charge in [-0.1, -0.05) is 6.07 Å². The lowest BCUT2D eigenvalue weighted by molar-refractivity contribution is 0.0467. The molecule has 4 rings (SSSR count). The summed E-state index contributed by atoms with van der Waals surface area (Å²) in [6.45, 7) is 2.55. The van der Waals surface area contributed by atoms with Crippen LogP contribution in [0.3, 0.4) is 0 Å². The number of pyridine rings is 1. The molecule has 0 radical (unpaired) electrons. The van der Waals surface area contributed by atoms with Gasteiger partial charge in [0.15, 0.2) is 0 Å². The number of aryl methyl sites for hydroxylation is 1. The van der Waals surface area contributed by atoms with Gasteiger partial charge in [0.25, 0.3) is 5.56 Å². The van der Waals surface area contributed by atoms with Crippen molar-refractivity contribution in [3.8, 4) is 0 Å². The van der Waals surface area contributed by atoms with Crippen molar-refractivity contribution in [1.82, 2.24) is 14.1 Å². The van der Waals surface area contributed by atoms with Crippen molar-refractivity contribution in [3.63, 3.8) is 0 Å². The van der Waals surface area contributed by atoms with Crippen LogP contribution in [0.15, 0.2) is 58.4 Å². The molecule has 1 aliphatic rings. The largest absolute Gasteiger partial charge is 0.456 e. The molecule has 1 aliphatic heterocycles. The van der Waals surface area contributed by atoms with Crippen LogP contribution in [0.2, 0.25) is 0 Å². The molecule has 32 heavy (non-hydrogen) atoms. The first-order chi connectivity index (χ1) is 15.3. The van der Waals surface area contributed by atoms with Crippen LogP contribution in [-0.4, -0.2) is 43.0 Å². The number of rotatable bonds is 7. The van der Waals surface area contributed by atoms with Gasteiger partial charge in [-0.15, -0.1) is 0 Å². The van der Waals surface area contributed by atoms with Crippen molar-refractivity contribution in [2.75, 3.05) is 13.2 Å². The highest BCUT2D eigenvalue weighted by atomic mass is 32.2. The minimum absolute atomic E-state index is 0.0477. The molecule has 1 saturated heterocycles. The number of aromatic nitrogens is 2. The fourth-order valence-corrected chi connectivity index (χ4v) is 4.48. The molecule has 0 spiro atoms. The van der Waals surface area contributed by atoms with E-state index in [2.05, 4.69) is 9.71 Å². The monoisotopic (exact) mass is 457 g/mol. The van der Waals surface area contributed by atoms with Crippen LogP contribution < -0.4 is 10.3 Å². The maximum atomic E-state index is 12.4. The number of benzene rings is 1. The molecule has 1 N–H and O–H groups in total. The Hall–Kier alpha value is -3.08. The highest BCUT2D eigenvalue weighted by Gasteiger charge is 2.20. The first-order valence-corrected chi connectivity index (χ1v) is 11.7. The molecule has 0 aliphatic carbocycles.